The van der Waals surface area contributed by atoms with E-state index in [2.05, 4.69) is 33.9 Å². The van der Waals surface area contributed by atoms with Crippen LogP contribution in [0.2, 0.25) is 18.1 Å². The Morgan fingerprint density at radius 3 is 2.42 bits per heavy atom. The van der Waals surface area contributed by atoms with Crippen LogP contribution in [-0.4, -0.2) is 48.9 Å². The lowest BCUT2D eigenvalue weighted by molar-refractivity contribution is -0.126. The van der Waals surface area contributed by atoms with E-state index in [-0.39, 0.29) is 17.4 Å². The molecule has 144 valence electrons. The van der Waals surface area contributed by atoms with Gasteiger partial charge in [0.1, 0.15) is 0 Å². The van der Waals surface area contributed by atoms with Crippen molar-refractivity contribution in [3.8, 4) is 0 Å². The zero-order chi connectivity index (χ0) is 19.6. The molecule has 0 aromatic heterocycles. The lowest BCUT2D eigenvalue weighted by Crippen LogP contribution is -2.61. The van der Waals surface area contributed by atoms with Gasteiger partial charge in [0, 0.05) is 6.42 Å². The molecule has 1 aliphatic heterocycles. The SMILES string of the molecule is CC(C)(C)[Si](C)(C)OCC1(Cc2ccccc2)CCC(=O)CN1C(=O)O. The number of ketones is 1. The molecule has 0 bridgehead atoms. The van der Waals surface area contributed by atoms with Crippen LogP contribution < -0.4 is 0 Å². The van der Waals surface area contributed by atoms with Crippen LogP contribution in [-0.2, 0) is 15.6 Å². The molecule has 5 nitrogen and oxygen atoms in total. The summed E-state index contributed by atoms with van der Waals surface area (Å²) in [7, 11) is -2.04. The number of carboxylic acid groups (broad SMARTS) is 1. The van der Waals surface area contributed by atoms with Crippen LogP contribution in [0.25, 0.3) is 0 Å². The van der Waals surface area contributed by atoms with Crippen molar-refractivity contribution >= 4 is 20.2 Å². The predicted octanol–water partition coefficient (Wildman–Crippen LogP) is 4.33. The quantitative estimate of drug-likeness (QED) is 0.776. The summed E-state index contributed by atoms with van der Waals surface area (Å²) in [6, 6.07) is 9.87. The fraction of sp³-hybridized carbons (Fsp3) is 0.600. The average Bonchev–Trinajstić information content (AvgIpc) is 2.55. The Morgan fingerprint density at radius 2 is 1.88 bits per heavy atom. The summed E-state index contributed by atoms with van der Waals surface area (Å²) in [5.74, 6) is -0.0246. The van der Waals surface area contributed by atoms with Gasteiger partial charge in [0.05, 0.1) is 18.7 Å². The van der Waals surface area contributed by atoms with Gasteiger partial charge < -0.3 is 9.53 Å². The first-order valence-electron chi connectivity index (χ1n) is 9.17. The van der Waals surface area contributed by atoms with Gasteiger partial charge in [-0.25, -0.2) is 4.79 Å². The number of amides is 1. The zero-order valence-corrected chi connectivity index (χ0v) is 17.5. The Morgan fingerprint density at radius 1 is 1.27 bits per heavy atom. The molecule has 0 spiro atoms. The maximum atomic E-state index is 12.0. The van der Waals surface area contributed by atoms with E-state index >= 15 is 0 Å². The highest BCUT2D eigenvalue weighted by atomic mass is 28.4. The van der Waals surface area contributed by atoms with Crippen LogP contribution in [0.1, 0.15) is 39.2 Å². The van der Waals surface area contributed by atoms with Crippen molar-refractivity contribution in [1.29, 1.82) is 0 Å². The molecule has 2 rings (SSSR count). The Bertz CT molecular complexity index is 654. The Balaban J connectivity index is 2.35. The van der Waals surface area contributed by atoms with E-state index in [4.69, 9.17) is 4.43 Å². The molecule has 0 saturated carbocycles. The van der Waals surface area contributed by atoms with Crippen molar-refractivity contribution in [2.24, 2.45) is 0 Å². The van der Waals surface area contributed by atoms with Gasteiger partial charge in [0.25, 0.3) is 0 Å². The number of nitrogens with zero attached hydrogens (tertiary/aromatic N) is 1. The van der Waals surface area contributed by atoms with Gasteiger partial charge in [0.15, 0.2) is 14.1 Å². The molecule has 0 aliphatic carbocycles. The molecule has 1 aromatic carbocycles. The van der Waals surface area contributed by atoms with Gasteiger partial charge in [-0.3, -0.25) is 9.69 Å². The van der Waals surface area contributed by atoms with Crippen LogP contribution in [0.15, 0.2) is 30.3 Å². The third-order valence-electron chi connectivity index (χ3n) is 5.89. The van der Waals surface area contributed by atoms with Gasteiger partial charge in [-0.1, -0.05) is 51.1 Å². The van der Waals surface area contributed by atoms with E-state index in [0.29, 0.717) is 25.9 Å². The average molecular weight is 378 g/mol. The summed E-state index contributed by atoms with van der Waals surface area (Å²) >= 11 is 0. The van der Waals surface area contributed by atoms with E-state index in [9.17, 15) is 14.7 Å². The molecule has 26 heavy (non-hydrogen) atoms. The highest BCUT2D eigenvalue weighted by Crippen LogP contribution is 2.39. The molecular formula is C20H31NO4Si. The third-order valence-corrected chi connectivity index (χ3v) is 10.4. The third kappa shape index (κ3) is 4.54. The maximum absolute atomic E-state index is 12.0. The van der Waals surface area contributed by atoms with Crippen LogP contribution in [0.3, 0.4) is 0 Å². The molecule has 1 saturated heterocycles. The number of hydrogen-bond acceptors (Lipinski definition) is 3. The van der Waals surface area contributed by atoms with Gasteiger partial charge in [-0.15, -0.1) is 0 Å². The molecule has 1 unspecified atom stereocenters. The van der Waals surface area contributed by atoms with Gasteiger partial charge >= 0.3 is 6.09 Å². The van der Waals surface area contributed by atoms with Crippen molar-refractivity contribution in [2.75, 3.05) is 13.2 Å². The number of piperidine rings is 1. The van der Waals surface area contributed by atoms with Crippen LogP contribution in [0.5, 0.6) is 0 Å². The van der Waals surface area contributed by atoms with E-state index in [1.54, 1.807) is 0 Å². The fourth-order valence-corrected chi connectivity index (χ4v) is 4.16. The number of hydrogen-bond donors (Lipinski definition) is 1. The first-order chi connectivity index (χ1) is 12.0. The fourth-order valence-electron chi connectivity index (χ4n) is 3.09. The summed E-state index contributed by atoms with van der Waals surface area (Å²) in [5.41, 5.74) is 0.364. The first kappa shape index (κ1) is 20.6. The molecule has 1 amide bonds. The van der Waals surface area contributed by atoms with E-state index in [1.807, 2.05) is 30.3 Å². The molecule has 0 radical (unpaired) electrons. The molecular weight excluding hydrogens is 346 g/mol. The summed E-state index contributed by atoms with van der Waals surface area (Å²) in [6.45, 7) is 11.1. The smallest absolute Gasteiger partial charge is 0.408 e. The number of Topliss-reactive ketones (excluding diaryl/α,β-unsaturated/α-hetero) is 1. The number of carbonyl (C=O) groups excluding carboxylic acids is 1. The van der Waals surface area contributed by atoms with Gasteiger partial charge in [-0.2, -0.15) is 0 Å². The number of carbonyl (C=O) groups is 2. The van der Waals surface area contributed by atoms with Crippen LogP contribution in [0, 0.1) is 0 Å². The van der Waals surface area contributed by atoms with Crippen LogP contribution in [0.4, 0.5) is 4.79 Å². The summed E-state index contributed by atoms with van der Waals surface area (Å²) in [4.78, 5) is 25.2. The first-order valence-corrected chi connectivity index (χ1v) is 12.1. The largest absolute Gasteiger partial charge is 0.465 e. The molecule has 1 aliphatic rings. The molecule has 1 N–H and O–H groups in total. The van der Waals surface area contributed by atoms with E-state index in [0.717, 1.165) is 5.56 Å². The normalized spacial score (nSPS) is 21.7. The van der Waals surface area contributed by atoms with Crippen molar-refractivity contribution < 1.29 is 19.1 Å². The lowest BCUT2D eigenvalue weighted by Gasteiger charge is -2.48. The second-order valence-electron chi connectivity index (χ2n) is 8.84. The minimum Gasteiger partial charge on any atom is -0.465 e. The monoisotopic (exact) mass is 377 g/mol. The summed E-state index contributed by atoms with van der Waals surface area (Å²) < 4.78 is 6.45. The second-order valence-corrected chi connectivity index (χ2v) is 13.7. The predicted molar refractivity (Wildman–Crippen MR) is 105 cm³/mol. The summed E-state index contributed by atoms with van der Waals surface area (Å²) in [6.07, 6.45) is 0.411. The molecule has 1 heterocycles. The topological polar surface area (TPSA) is 66.8 Å². The van der Waals surface area contributed by atoms with E-state index in [1.165, 1.54) is 4.90 Å². The zero-order valence-electron chi connectivity index (χ0n) is 16.5. The Labute approximate surface area is 157 Å². The Kier molecular flexibility index (Phi) is 5.98. The minimum atomic E-state index is -2.04. The van der Waals surface area contributed by atoms with Crippen molar-refractivity contribution in [3.63, 3.8) is 0 Å². The highest BCUT2D eigenvalue weighted by Gasteiger charge is 2.47. The maximum Gasteiger partial charge on any atom is 0.408 e. The van der Waals surface area contributed by atoms with E-state index < -0.39 is 19.9 Å². The molecule has 6 heteroatoms. The number of benzene rings is 1. The van der Waals surface area contributed by atoms with Crippen molar-refractivity contribution in [1.82, 2.24) is 4.90 Å². The number of likely N-dealkylation sites (tertiary alicyclic amines) is 1. The van der Waals surface area contributed by atoms with Gasteiger partial charge in [-0.05, 0) is 36.5 Å². The lowest BCUT2D eigenvalue weighted by atomic mass is 9.81. The molecule has 1 atom stereocenters. The second kappa shape index (κ2) is 7.52. The Hall–Kier alpha value is -1.66. The molecule has 1 aromatic rings. The molecule has 1 fully saturated rings. The van der Waals surface area contributed by atoms with Crippen molar-refractivity contribution in [3.05, 3.63) is 35.9 Å². The minimum absolute atomic E-state index is 0.0246. The van der Waals surface area contributed by atoms with Crippen molar-refractivity contribution in [2.45, 2.75) is 63.7 Å². The summed E-state index contributed by atoms with van der Waals surface area (Å²) in [5, 5.41) is 9.83. The van der Waals surface area contributed by atoms with Crippen LogP contribution >= 0.6 is 0 Å². The number of rotatable bonds is 5. The van der Waals surface area contributed by atoms with Gasteiger partial charge in [0.2, 0.25) is 0 Å². The standard InChI is InChI=1S/C20H31NO4Si/c1-19(2,3)26(4,5)25-15-20(13-16-9-7-6-8-10-16)12-11-17(22)14-21(20)18(23)24/h6-10H,11-15H2,1-5H3,(H,23,24). The highest BCUT2D eigenvalue weighted by molar-refractivity contribution is 6.74.